The summed E-state index contributed by atoms with van der Waals surface area (Å²) in [6.45, 7) is 0. The van der Waals surface area contributed by atoms with E-state index in [0.29, 0.717) is 17.2 Å². The van der Waals surface area contributed by atoms with E-state index in [9.17, 15) is 4.39 Å². The van der Waals surface area contributed by atoms with Gasteiger partial charge in [-0.25, -0.2) is 4.39 Å². The van der Waals surface area contributed by atoms with Gasteiger partial charge in [0.2, 0.25) is 0 Å². The van der Waals surface area contributed by atoms with Crippen molar-refractivity contribution in [1.82, 2.24) is 0 Å². The number of nitrogens with two attached hydrogens (primary N) is 1. The predicted octanol–water partition coefficient (Wildman–Crippen LogP) is 3.21. The van der Waals surface area contributed by atoms with Crippen LogP contribution in [0.3, 0.4) is 0 Å². The third-order valence-electron chi connectivity index (χ3n) is 2.27. The SMILES string of the molecule is COc1ccc(Oc2ccccc2F)c(N)c1. The predicted molar refractivity (Wildman–Crippen MR) is 63.9 cm³/mol. The summed E-state index contributed by atoms with van der Waals surface area (Å²) >= 11 is 0. The van der Waals surface area contributed by atoms with Crippen LogP contribution in [0.4, 0.5) is 10.1 Å². The van der Waals surface area contributed by atoms with Gasteiger partial charge in [-0.05, 0) is 24.3 Å². The van der Waals surface area contributed by atoms with Crippen LogP contribution in [0.5, 0.6) is 17.2 Å². The normalized spacial score (nSPS) is 10.0. The first-order valence-corrected chi connectivity index (χ1v) is 5.06. The van der Waals surface area contributed by atoms with Gasteiger partial charge >= 0.3 is 0 Å². The van der Waals surface area contributed by atoms with E-state index in [2.05, 4.69) is 0 Å². The first-order valence-electron chi connectivity index (χ1n) is 5.06. The Hall–Kier alpha value is -2.23. The molecule has 0 saturated heterocycles. The second-order valence-corrected chi connectivity index (χ2v) is 3.44. The largest absolute Gasteiger partial charge is 0.497 e. The van der Waals surface area contributed by atoms with E-state index in [0.717, 1.165) is 0 Å². The molecule has 2 aromatic rings. The number of methoxy groups -OCH3 is 1. The summed E-state index contributed by atoms with van der Waals surface area (Å²) < 4.78 is 23.8. The zero-order valence-corrected chi connectivity index (χ0v) is 9.31. The Morgan fingerprint density at radius 1 is 1.06 bits per heavy atom. The standard InChI is InChI=1S/C13H12FNO2/c1-16-9-6-7-13(11(15)8-9)17-12-5-3-2-4-10(12)14/h2-8H,15H2,1H3. The van der Waals surface area contributed by atoms with Crippen LogP contribution in [-0.4, -0.2) is 7.11 Å². The van der Waals surface area contributed by atoms with Gasteiger partial charge in [-0.3, -0.25) is 0 Å². The van der Waals surface area contributed by atoms with Gasteiger partial charge in [-0.2, -0.15) is 0 Å². The Labute approximate surface area is 98.6 Å². The molecule has 2 N–H and O–H groups in total. The summed E-state index contributed by atoms with van der Waals surface area (Å²) in [5, 5.41) is 0. The van der Waals surface area contributed by atoms with Crippen molar-refractivity contribution in [2.75, 3.05) is 12.8 Å². The van der Waals surface area contributed by atoms with Gasteiger partial charge in [0.1, 0.15) is 5.75 Å². The van der Waals surface area contributed by atoms with Gasteiger partial charge in [0.15, 0.2) is 17.3 Å². The minimum absolute atomic E-state index is 0.143. The monoisotopic (exact) mass is 233 g/mol. The van der Waals surface area contributed by atoms with Crippen molar-refractivity contribution in [3.63, 3.8) is 0 Å². The van der Waals surface area contributed by atoms with Gasteiger partial charge in [-0.1, -0.05) is 12.1 Å². The molecule has 0 unspecified atom stereocenters. The number of para-hydroxylation sites is 1. The molecule has 3 nitrogen and oxygen atoms in total. The van der Waals surface area contributed by atoms with E-state index in [1.54, 1.807) is 43.5 Å². The fourth-order valence-electron chi connectivity index (χ4n) is 1.39. The second kappa shape index (κ2) is 4.74. The molecule has 0 heterocycles. The lowest BCUT2D eigenvalue weighted by Crippen LogP contribution is -1.94. The molecule has 0 aliphatic heterocycles. The molecule has 0 fully saturated rings. The molecular weight excluding hydrogens is 221 g/mol. The molecule has 0 radical (unpaired) electrons. The van der Waals surface area contributed by atoms with E-state index >= 15 is 0 Å². The van der Waals surface area contributed by atoms with Crippen LogP contribution in [0.2, 0.25) is 0 Å². The van der Waals surface area contributed by atoms with Crippen molar-refractivity contribution in [1.29, 1.82) is 0 Å². The van der Waals surface area contributed by atoms with Crippen LogP contribution in [-0.2, 0) is 0 Å². The maximum Gasteiger partial charge on any atom is 0.165 e. The number of halogens is 1. The number of ether oxygens (including phenoxy) is 2. The maximum absolute atomic E-state index is 13.4. The fourth-order valence-corrected chi connectivity index (χ4v) is 1.39. The number of hydrogen-bond acceptors (Lipinski definition) is 3. The molecule has 0 spiro atoms. The Balaban J connectivity index is 2.28. The minimum atomic E-state index is -0.428. The first-order chi connectivity index (χ1) is 8.20. The van der Waals surface area contributed by atoms with Crippen LogP contribution in [0.25, 0.3) is 0 Å². The van der Waals surface area contributed by atoms with Crippen molar-refractivity contribution in [3.8, 4) is 17.2 Å². The van der Waals surface area contributed by atoms with Gasteiger partial charge < -0.3 is 15.2 Å². The summed E-state index contributed by atoms with van der Waals surface area (Å²) in [5.74, 6) is 0.742. The highest BCUT2D eigenvalue weighted by Gasteiger charge is 2.07. The van der Waals surface area contributed by atoms with E-state index in [4.69, 9.17) is 15.2 Å². The number of benzene rings is 2. The number of nitrogen functional groups attached to an aromatic ring is 1. The molecule has 17 heavy (non-hydrogen) atoms. The summed E-state index contributed by atoms with van der Waals surface area (Å²) in [6.07, 6.45) is 0. The van der Waals surface area contributed by atoms with E-state index in [-0.39, 0.29) is 5.75 Å². The lowest BCUT2D eigenvalue weighted by atomic mass is 10.2. The average molecular weight is 233 g/mol. The van der Waals surface area contributed by atoms with Gasteiger partial charge in [-0.15, -0.1) is 0 Å². The summed E-state index contributed by atoms with van der Waals surface area (Å²) in [4.78, 5) is 0. The van der Waals surface area contributed by atoms with Crippen LogP contribution in [0.15, 0.2) is 42.5 Å². The van der Waals surface area contributed by atoms with Crippen molar-refractivity contribution >= 4 is 5.69 Å². The zero-order chi connectivity index (χ0) is 12.3. The summed E-state index contributed by atoms with van der Waals surface area (Å²) in [5.41, 5.74) is 6.16. The van der Waals surface area contributed by atoms with Crippen molar-refractivity contribution in [2.45, 2.75) is 0 Å². The van der Waals surface area contributed by atoms with Crippen molar-refractivity contribution < 1.29 is 13.9 Å². The zero-order valence-electron chi connectivity index (χ0n) is 9.31. The molecule has 0 amide bonds. The molecule has 0 aliphatic carbocycles. The number of anilines is 1. The number of rotatable bonds is 3. The highest BCUT2D eigenvalue weighted by molar-refractivity contribution is 5.57. The summed E-state index contributed by atoms with van der Waals surface area (Å²) in [7, 11) is 1.55. The molecule has 0 aromatic heterocycles. The van der Waals surface area contributed by atoms with Gasteiger partial charge in [0.25, 0.3) is 0 Å². The lowest BCUT2D eigenvalue weighted by Gasteiger charge is -2.10. The summed E-state index contributed by atoms with van der Waals surface area (Å²) in [6, 6.07) is 11.1. The molecule has 88 valence electrons. The van der Waals surface area contributed by atoms with Gasteiger partial charge in [0.05, 0.1) is 12.8 Å². The Bertz CT molecular complexity index is 529. The van der Waals surface area contributed by atoms with E-state index in [1.165, 1.54) is 6.07 Å². The smallest absolute Gasteiger partial charge is 0.165 e. The third kappa shape index (κ3) is 2.47. The van der Waals surface area contributed by atoms with Crippen molar-refractivity contribution in [2.24, 2.45) is 0 Å². The van der Waals surface area contributed by atoms with Crippen LogP contribution in [0.1, 0.15) is 0 Å². The topological polar surface area (TPSA) is 44.5 Å². The molecule has 2 rings (SSSR count). The van der Waals surface area contributed by atoms with Crippen molar-refractivity contribution in [3.05, 3.63) is 48.3 Å². The molecule has 0 atom stereocenters. The number of hydrogen-bond donors (Lipinski definition) is 1. The Morgan fingerprint density at radius 3 is 2.47 bits per heavy atom. The molecular formula is C13H12FNO2. The van der Waals surface area contributed by atoms with E-state index < -0.39 is 5.82 Å². The van der Waals surface area contributed by atoms with E-state index in [1.807, 2.05) is 0 Å². The maximum atomic E-state index is 13.4. The second-order valence-electron chi connectivity index (χ2n) is 3.44. The first kappa shape index (κ1) is 11.3. The molecule has 0 saturated carbocycles. The minimum Gasteiger partial charge on any atom is -0.497 e. The highest BCUT2D eigenvalue weighted by atomic mass is 19.1. The average Bonchev–Trinajstić information content (AvgIpc) is 2.34. The quantitative estimate of drug-likeness (QED) is 0.828. The lowest BCUT2D eigenvalue weighted by molar-refractivity contribution is 0.412. The molecule has 4 heteroatoms. The van der Waals surface area contributed by atoms with Gasteiger partial charge in [0, 0.05) is 6.07 Å². The Morgan fingerprint density at radius 2 is 1.82 bits per heavy atom. The molecule has 0 aliphatic rings. The Kier molecular flexibility index (Phi) is 3.14. The van der Waals surface area contributed by atoms with Crippen LogP contribution < -0.4 is 15.2 Å². The van der Waals surface area contributed by atoms with Crippen LogP contribution >= 0.6 is 0 Å². The highest BCUT2D eigenvalue weighted by Crippen LogP contribution is 2.31. The van der Waals surface area contributed by atoms with Crippen LogP contribution in [0, 0.1) is 5.82 Å². The molecule has 0 bridgehead atoms. The third-order valence-corrected chi connectivity index (χ3v) is 2.27. The fraction of sp³-hybridized carbons (Fsp3) is 0.0769. The molecule has 2 aromatic carbocycles.